The monoisotopic (exact) mass is 367 g/mol. The molecule has 1 atom stereocenters. The largest absolute Gasteiger partial charge is 0.340 e. The highest BCUT2D eigenvalue weighted by atomic mass is 16.2. The molecule has 0 spiro atoms. The molecular weight excluding hydrogens is 338 g/mol. The van der Waals surface area contributed by atoms with Gasteiger partial charge < -0.3 is 4.90 Å². The van der Waals surface area contributed by atoms with Crippen molar-refractivity contribution in [2.24, 2.45) is 0 Å². The molecule has 3 heterocycles. The van der Waals surface area contributed by atoms with Crippen LogP contribution in [0.4, 0.5) is 0 Å². The maximum Gasteiger partial charge on any atom is 0.239 e. The molecule has 144 valence electrons. The van der Waals surface area contributed by atoms with E-state index in [0.717, 1.165) is 64.2 Å². The first-order valence-corrected chi connectivity index (χ1v) is 10.0. The van der Waals surface area contributed by atoms with Gasteiger partial charge >= 0.3 is 0 Å². The van der Waals surface area contributed by atoms with Crippen LogP contribution in [-0.4, -0.2) is 76.2 Å². The van der Waals surface area contributed by atoms with E-state index >= 15 is 0 Å². The summed E-state index contributed by atoms with van der Waals surface area (Å²) in [5.41, 5.74) is 2.41. The number of carbonyl (C=O) groups excluding carboxylic acids is 1. The Morgan fingerprint density at radius 2 is 1.96 bits per heavy atom. The Balaban J connectivity index is 1.40. The molecule has 2 aliphatic rings. The summed E-state index contributed by atoms with van der Waals surface area (Å²) >= 11 is 0. The maximum atomic E-state index is 12.9. The van der Waals surface area contributed by atoms with Crippen molar-refractivity contribution >= 4 is 5.91 Å². The maximum absolute atomic E-state index is 12.9. The molecule has 2 saturated heterocycles. The first kappa shape index (κ1) is 18.2. The molecule has 2 fully saturated rings. The fourth-order valence-corrected chi connectivity index (χ4v) is 4.30. The van der Waals surface area contributed by atoms with Gasteiger partial charge in [-0.05, 0) is 50.6 Å². The SMILES string of the molecule is CN1CCC[C@@H]1C(=O)N1CCCN(Cc2ccccc2-n2cccn2)CC1. The molecule has 2 aliphatic heterocycles. The predicted molar refractivity (Wildman–Crippen MR) is 106 cm³/mol. The van der Waals surface area contributed by atoms with Crippen LogP contribution in [0.25, 0.3) is 5.69 Å². The van der Waals surface area contributed by atoms with Gasteiger partial charge in [0.1, 0.15) is 0 Å². The number of carbonyl (C=O) groups is 1. The van der Waals surface area contributed by atoms with Crippen LogP contribution in [0.15, 0.2) is 42.7 Å². The zero-order valence-corrected chi connectivity index (χ0v) is 16.1. The Morgan fingerprint density at radius 3 is 2.74 bits per heavy atom. The molecule has 0 radical (unpaired) electrons. The summed E-state index contributed by atoms with van der Waals surface area (Å²) in [5, 5.41) is 4.39. The van der Waals surface area contributed by atoms with Crippen LogP contribution in [0.2, 0.25) is 0 Å². The van der Waals surface area contributed by atoms with E-state index in [2.05, 4.69) is 51.1 Å². The smallest absolute Gasteiger partial charge is 0.239 e. The Hall–Kier alpha value is -2.18. The number of benzene rings is 1. The van der Waals surface area contributed by atoms with Crippen LogP contribution >= 0.6 is 0 Å². The average molecular weight is 367 g/mol. The highest BCUT2D eigenvalue weighted by molar-refractivity contribution is 5.82. The number of hydrogen-bond acceptors (Lipinski definition) is 4. The first-order valence-electron chi connectivity index (χ1n) is 10.0. The number of rotatable bonds is 4. The van der Waals surface area contributed by atoms with E-state index in [9.17, 15) is 4.79 Å². The van der Waals surface area contributed by atoms with Crippen molar-refractivity contribution in [3.05, 3.63) is 48.3 Å². The summed E-state index contributed by atoms with van der Waals surface area (Å²) in [6.45, 7) is 5.59. The Morgan fingerprint density at radius 1 is 1.07 bits per heavy atom. The number of aromatic nitrogens is 2. The molecule has 0 unspecified atom stereocenters. The molecule has 1 aromatic heterocycles. The van der Waals surface area contributed by atoms with Crippen molar-refractivity contribution in [1.82, 2.24) is 24.5 Å². The minimum Gasteiger partial charge on any atom is -0.340 e. The minimum absolute atomic E-state index is 0.0945. The van der Waals surface area contributed by atoms with Crippen molar-refractivity contribution in [3.63, 3.8) is 0 Å². The van der Waals surface area contributed by atoms with Gasteiger partial charge in [0.15, 0.2) is 0 Å². The van der Waals surface area contributed by atoms with E-state index in [1.165, 1.54) is 5.56 Å². The predicted octanol–water partition coefficient (Wildman–Crippen LogP) is 2.00. The normalized spacial score (nSPS) is 22.1. The first-order chi connectivity index (χ1) is 13.2. The minimum atomic E-state index is 0.0945. The van der Waals surface area contributed by atoms with Crippen LogP contribution in [0.1, 0.15) is 24.8 Å². The van der Waals surface area contributed by atoms with Crippen LogP contribution < -0.4 is 0 Å². The third kappa shape index (κ3) is 4.06. The van der Waals surface area contributed by atoms with E-state index in [1.54, 1.807) is 0 Å². The standard InChI is InChI=1S/C21H29N5O/c1-23-11-4-9-20(23)21(27)25-13-6-12-24(15-16-25)17-18-7-2-3-8-19(18)26-14-5-10-22-26/h2-3,5,7-8,10,14,20H,4,6,9,11-13,15-17H2,1H3/t20-/m1/s1. The van der Waals surface area contributed by atoms with E-state index in [1.807, 2.05) is 23.1 Å². The number of para-hydroxylation sites is 1. The lowest BCUT2D eigenvalue weighted by atomic mass is 10.1. The third-order valence-electron chi connectivity index (χ3n) is 5.84. The van der Waals surface area contributed by atoms with Crippen molar-refractivity contribution in [2.45, 2.75) is 31.8 Å². The number of likely N-dealkylation sites (N-methyl/N-ethyl adjacent to an activating group) is 1. The Bertz CT molecular complexity index is 760. The number of likely N-dealkylation sites (tertiary alicyclic amines) is 1. The molecular formula is C21H29N5O. The van der Waals surface area contributed by atoms with Gasteiger partial charge in [-0.15, -0.1) is 0 Å². The van der Waals surface area contributed by atoms with Crippen LogP contribution in [0, 0.1) is 0 Å². The van der Waals surface area contributed by atoms with Gasteiger partial charge in [-0.1, -0.05) is 18.2 Å². The number of hydrogen-bond donors (Lipinski definition) is 0. The lowest BCUT2D eigenvalue weighted by molar-refractivity contribution is -0.135. The van der Waals surface area contributed by atoms with Gasteiger partial charge in [0.05, 0.1) is 11.7 Å². The molecule has 0 N–H and O–H groups in total. The lowest BCUT2D eigenvalue weighted by Crippen LogP contribution is -2.45. The second-order valence-electron chi connectivity index (χ2n) is 7.67. The van der Waals surface area contributed by atoms with E-state index in [0.29, 0.717) is 5.91 Å². The van der Waals surface area contributed by atoms with Crippen LogP contribution in [0.3, 0.4) is 0 Å². The van der Waals surface area contributed by atoms with Gasteiger partial charge in [0.25, 0.3) is 0 Å². The van der Waals surface area contributed by atoms with Gasteiger partial charge in [-0.25, -0.2) is 4.68 Å². The quantitative estimate of drug-likeness (QED) is 0.829. The molecule has 0 saturated carbocycles. The molecule has 0 aliphatic carbocycles. The highest BCUT2D eigenvalue weighted by Crippen LogP contribution is 2.20. The Labute approximate surface area is 161 Å². The van der Waals surface area contributed by atoms with E-state index in [-0.39, 0.29) is 6.04 Å². The summed E-state index contributed by atoms with van der Waals surface area (Å²) in [4.78, 5) is 19.7. The molecule has 1 aromatic carbocycles. The molecule has 0 bridgehead atoms. The highest BCUT2D eigenvalue weighted by Gasteiger charge is 2.32. The molecule has 27 heavy (non-hydrogen) atoms. The summed E-state index contributed by atoms with van der Waals surface area (Å²) in [6.07, 6.45) is 6.97. The number of amides is 1. The van der Waals surface area contributed by atoms with Crippen molar-refractivity contribution in [3.8, 4) is 5.69 Å². The molecule has 1 amide bonds. The molecule has 4 rings (SSSR count). The fourth-order valence-electron chi connectivity index (χ4n) is 4.30. The summed E-state index contributed by atoms with van der Waals surface area (Å²) in [7, 11) is 2.08. The topological polar surface area (TPSA) is 44.6 Å². The van der Waals surface area contributed by atoms with Crippen LogP contribution in [-0.2, 0) is 11.3 Å². The van der Waals surface area contributed by atoms with Gasteiger partial charge in [-0.3, -0.25) is 14.6 Å². The summed E-state index contributed by atoms with van der Waals surface area (Å²) in [6, 6.07) is 10.5. The third-order valence-corrected chi connectivity index (χ3v) is 5.84. The van der Waals surface area contributed by atoms with E-state index in [4.69, 9.17) is 0 Å². The van der Waals surface area contributed by atoms with Gasteiger partial charge in [-0.2, -0.15) is 5.10 Å². The van der Waals surface area contributed by atoms with Gasteiger partial charge in [0, 0.05) is 45.1 Å². The zero-order valence-electron chi connectivity index (χ0n) is 16.1. The summed E-state index contributed by atoms with van der Waals surface area (Å²) < 4.78 is 1.93. The second kappa shape index (κ2) is 8.23. The number of nitrogens with zero attached hydrogens (tertiary/aromatic N) is 5. The molecule has 6 heteroatoms. The van der Waals surface area contributed by atoms with Crippen LogP contribution in [0.5, 0.6) is 0 Å². The van der Waals surface area contributed by atoms with Crippen molar-refractivity contribution in [1.29, 1.82) is 0 Å². The van der Waals surface area contributed by atoms with Crippen molar-refractivity contribution < 1.29 is 4.79 Å². The fraction of sp³-hybridized carbons (Fsp3) is 0.524. The molecule has 2 aromatic rings. The second-order valence-corrected chi connectivity index (χ2v) is 7.67. The van der Waals surface area contributed by atoms with Gasteiger partial charge in [0.2, 0.25) is 5.91 Å². The molecule has 6 nitrogen and oxygen atoms in total. The summed E-state index contributed by atoms with van der Waals surface area (Å²) in [5.74, 6) is 0.328. The Kier molecular flexibility index (Phi) is 5.55. The lowest BCUT2D eigenvalue weighted by Gasteiger charge is -2.27. The van der Waals surface area contributed by atoms with Crippen molar-refractivity contribution in [2.75, 3.05) is 39.8 Å². The average Bonchev–Trinajstić information content (AvgIpc) is 3.30. The van der Waals surface area contributed by atoms with E-state index < -0.39 is 0 Å². The zero-order chi connectivity index (χ0) is 18.6.